The number of benzene rings is 2. The van der Waals surface area contributed by atoms with Gasteiger partial charge in [-0.25, -0.2) is 9.18 Å². The van der Waals surface area contributed by atoms with Crippen LogP contribution in [0.1, 0.15) is 74.9 Å². The summed E-state index contributed by atoms with van der Waals surface area (Å²) in [7, 11) is 0. The molecule has 0 spiro atoms. The first-order valence-corrected chi connectivity index (χ1v) is 15.1. The van der Waals surface area contributed by atoms with E-state index in [-0.39, 0.29) is 23.7 Å². The smallest absolute Gasteiger partial charge is 0.410 e. The van der Waals surface area contributed by atoms with E-state index in [0.717, 1.165) is 50.2 Å². The molecule has 222 valence electrons. The molecule has 7 nitrogen and oxygen atoms in total. The van der Waals surface area contributed by atoms with Gasteiger partial charge in [-0.3, -0.25) is 9.58 Å². The summed E-state index contributed by atoms with van der Waals surface area (Å²) in [6.07, 6.45) is 2.29. The number of aryl methyl sites for hydroxylation is 1. The highest BCUT2D eigenvalue weighted by molar-refractivity contribution is 5.69. The third kappa shape index (κ3) is 6.84. The van der Waals surface area contributed by atoms with Crippen LogP contribution in [0.4, 0.5) is 9.18 Å². The van der Waals surface area contributed by atoms with Gasteiger partial charge in [-0.2, -0.15) is 10.4 Å². The number of rotatable bonds is 7. The second-order valence-electron chi connectivity index (χ2n) is 12.6. The van der Waals surface area contributed by atoms with E-state index in [1.165, 1.54) is 23.4 Å². The summed E-state index contributed by atoms with van der Waals surface area (Å²) in [5.74, 6) is -0.244. The van der Waals surface area contributed by atoms with E-state index in [9.17, 15) is 14.4 Å². The van der Waals surface area contributed by atoms with Crippen molar-refractivity contribution in [1.82, 2.24) is 19.6 Å². The summed E-state index contributed by atoms with van der Waals surface area (Å²) in [5.41, 5.74) is 3.81. The van der Waals surface area contributed by atoms with E-state index < -0.39 is 11.6 Å². The summed E-state index contributed by atoms with van der Waals surface area (Å²) in [6.45, 7) is 10.9. The van der Waals surface area contributed by atoms with Crippen molar-refractivity contribution in [2.45, 2.75) is 77.0 Å². The van der Waals surface area contributed by atoms with Gasteiger partial charge in [0.25, 0.3) is 0 Å². The number of halogens is 1. The molecule has 0 bridgehead atoms. The Morgan fingerprint density at radius 2 is 1.83 bits per heavy atom. The summed E-state index contributed by atoms with van der Waals surface area (Å²) in [4.78, 5) is 17.0. The topological polar surface area (TPSA) is 74.4 Å². The molecular formula is C34H42FN5O2. The molecular weight excluding hydrogens is 529 g/mol. The third-order valence-corrected chi connectivity index (χ3v) is 8.56. The Bertz CT molecular complexity index is 1400. The molecule has 42 heavy (non-hydrogen) atoms. The fourth-order valence-corrected chi connectivity index (χ4v) is 6.60. The molecule has 2 aliphatic heterocycles. The van der Waals surface area contributed by atoms with Crippen LogP contribution in [-0.4, -0.2) is 63.5 Å². The van der Waals surface area contributed by atoms with Crippen molar-refractivity contribution in [3.63, 3.8) is 0 Å². The van der Waals surface area contributed by atoms with Crippen molar-refractivity contribution in [3.8, 4) is 6.07 Å². The summed E-state index contributed by atoms with van der Waals surface area (Å²) >= 11 is 0. The maximum absolute atomic E-state index is 14.3. The van der Waals surface area contributed by atoms with Gasteiger partial charge in [0, 0.05) is 62.6 Å². The highest BCUT2D eigenvalue weighted by Gasteiger charge is 2.44. The Morgan fingerprint density at radius 3 is 2.48 bits per heavy atom. The average Bonchev–Trinajstić information content (AvgIpc) is 3.58. The van der Waals surface area contributed by atoms with Crippen molar-refractivity contribution >= 4 is 6.09 Å². The van der Waals surface area contributed by atoms with Gasteiger partial charge in [0.2, 0.25) is 0 Å². The molecule has 3 heterocycles. The van der Waals surface area contributed by atoms with Gasteiger partial charge in [-0.15, -0.1) is 0 Å². The minimum atomic E-state index is -0.619. The van der Waals surface area contributed by atoms with Gasteiger partial charge >= 0.3 is 6.09 Å². The Hall–Kier alpha value is -3.70. The maximum atomic E-state index is 14.3. The zero-order valence-corrected chi connectivity index (χ0v) is 25.2. The van der Waals surface area contributed by atoms with Gasteiger partial charge in [-0.1, -0.05) is 42.5 Å². The minimum Gasteiger partial charge on any atom is -0.444 e. The van der Waals surface area contributed by atoms with Gasteiger partial charge in [0.1, 0.15) is 17.5 Å². The van der Waals surface area contributed by atoms with Crippen LogP contribution < -0.4 is 0 Å². The summed E-state index contributed by atoms with van der Waals surface area (Å²) in [6, 6.07) is 21.4. The monoisotopic (exact) mass is 571 g/mol. The number of carbonyl (C=O) groups is 1. The Labute approximate surface area is 248 Å². The van der Waals surface area contributed by atoms with E-state index in [1.807, 2.05) is 32.9 Å². The van der Waals surface area contributed by atoms with Crippen LogP contribution in [0.2, 0.25) is 0 Å². The van der Waals surface area contributed by atoms with Crippen LogP contribution in [0.5, 0.6) is 0 Å². The second-order valence-corrected chi connectivity index (χ2v) is 12.6. The molecule has 0 radical (unpaired) electrons. The van der Waals surface area contributed by atoms with E-state index in [2.05, 4.69) is 52.9 Å². The van der Waals surface area contributed by atoms with Crippen LogP contribution in [-0.2, 0) is 17.7 Å². The van der Waals surface area contributed by atoms with Crippen LogP contribution in [0.25, 0.3) is 0 Å². The molecule has 1 aromatic heterocycles. The molecule has 2 fully saturated rings. The Kier molecular flexibility index (Phi) is 8.98. The molecule has 5 rings (SSSR count). The quantitative estimate of drug-likeness (QED) is 0.330. The SMILES string of the molecule is CCn1nc(Cc2ccccc2)cc1C1CCN([C@@H](C#N)[C@@H]2CN(C(=O)OC(C)(C)C)C[C@@H]2c2cccc(F)c2)CC1. The molecule has 3 atom stereocenters. The lowest BCUT2D eigenvalue weighted by atomic mass is 9.82. The third-order valence-electron chi connectivity index (χ3n) is 8.56. The highest BCUT2D eigenvalue weighted by Crippen LogP contribution is 2.39. The zero-order valence-electron chi connectivity index (χ0n) is 25.2. The number of hydrogen-bond acceptors (Lipinski definition) is 5. The summed E-state index contributed by atoms with van der Waals surface area (Å²) < 4.78 is 22.1. The number of aromatic nitrogens is 2. The lowest BCUT2D eigenvalue weighted by Gasteiger charge is -2.38. The first kappa shape index (κ1) is 29.8. The molecule has 3 aromatic rings. The molecule has 2 saturated heterocycles. The fraction of sp³-hybridized carbons (Fsp3) is 0.500. The van der Waals surface area contributed by atoms with Crippen molar-refractivity contribution < 1.29 is 13.9 Å². The van der Waals surface area contributed by atoms with Crippen LogP contribution in [0.3, 0.4) is 0 Å². The number of nitrogens with zero attached hydrogens (tertiary/aromatic N) is 5. The molecule has 1 amide bonds. The predicted octanol–water partition coefficient (Wildman–Crippen LogP) is 6.36. The molecule has 0 unspecified atom stereocenters. The second kappa shape index (κ2) is 12.7. The summed E-state index contributed by atoms with van der Waals surface area (Å²) in [5, 5.41) is 15.4. The molecule has 8 heteroatoms. The standard InChI is InChI=1S/C34H42FN5O2/c1-5-40-31(20-28(37-40)18-24-10-7-6-8-11-24)25-14-16-38(17-15-25)32(21-36)30-23-39(33(41)42-34(2,3)4)22-29(30)26-12-9-13-27(35)19-26/h6-13,19-20,25,29-30,32H,5,14-18,22-23H2,1-4H3/t29-,30-,32+/m1/s1. The lowest BCUT2D eigenvalue weighted by molar-refractivity contribution is 0.0279. The molecule has 2 aromatic carbocycles. The number of likely N-dealkylation sites (tertiary alicyclic amines) is 2. The average molecular weight is 572 g/mol. The Morgan fingerprint density at radius 1 is 1.10 bits per heavy atom. The highest BCUT2D eigenvalue weighted by atomic mass is 19.1. The largest absolute Gasteiger partial charge is 0.444 e. The fourth-order valence-electron chi connectivity index (χ4n) is 6.60. The van der Waals surface area contributed by atoms with Gasteiger partial charge in [0.15, 0.2) is 0 Å². The van der Waals surface area contributed by atoms with Gasteiger partial charge in [0.05, 0.1) is 11.8 Å². The maximum Gasteiger partial charge on any atom is 0.410 e. The van der Waals surface area contributed by atoms with Crippen LogP contribution in [0.15, 0.2) is 60.7 Å². The first-order chi connectivity index (χ1) is 20.1. The number of hydrogen-bond donors (Lipinski definition) is 0. The van der Waals surface area contributed by atoms with Gasteiger partial charge in [-0.05, 0) is 69.9 Å². The normalized spacial score (nSPS) is 20.8. The zero-order chi connectivity index (χ0) is 29.9. The van der Waals surface area contributed by atoms with Crippen LogP contribution in [0, 0.1) is 23.1 Å². The van der Waals surface area contributed by atoms with E-state index >= 15 is 0 Å². The van der Waals surface area contributed by atoms with Crippen molar-refractivity contribution in [1.29, 1.82) is 5.26 Å². The number of piperidine rings is 1. The first-order valence-electron chi connectivity index (χ1n) is 15.1. The van der Waals surface area contributed by atoms with Crippen LogP contribution >= 0.6 is 0 Å². The molecule has 0 N–H and O–H groups in total. The van der Waals surface area contributed by atoms with Crippen molar-refractivity contribution in [2.24, 2.45) is 5.92 Å². The van der Waals surface area contributed by atoms with Gasteiger partial charge < -0.3 is 9.64 Å². The molecule has 0 aliphatic carbocycles. The van der Waals surface area contributed by atoms with Crippen molar-refractivity contribution in [3.05, 3.63) is 89.0 Å². The number of nitriles is 1. The number of ether oxygens (including phenoxy) is 1. The van der Waals surface area contributed by atoms with E-state index in [1.54, 1.807) is 11.0 Å². The minimum absolute atomic E-state index is 0.153. The molecule has 2 aliphatic rings. The predicted molar refractivity (Wildman–Crippen MR) is 161 cm³/mol. The number of amides is 1. The Balaban J connectivity index is 1.31. The van der Waals surface area contributed by atoms with E-state index in [4.69, 9.17) is 9.84 Å². The van der Waals surface area contributed by atoms with E-state index in [0.29, 0.717) is 19.0 Å². The molecule has 0 saturated carbocycles. The lowest BCUT2D eigenvalue weighted by Crippen LogP contribution is -2.46. The number of carbonyl (C=O) groups excluding carboxylic acids is 1. The van der Waals surface area contributed by atoms with Crippen molar-refractivity contribution in [2.75, 3.05) is 26.2 Å².